The molecule has 0 saturated carbocycles. The Morgan fingerprint density at radius 2 is 2.10 bits per heavy atom. The molecule has 6 rings (SSSR count). The number of rotatable bonds is 2. The number of hydrogen-bond donors (Lipinski definition) is 0. The van der Waals surface area contributed by atoms with E-state index in [0.29, 0.717) is 18.1 Å². The van der Waals surface area contributed by atoms with Gasteiger partial charge in [-0.05, 0) is 24.1 Å². The number of fused-ring (bicyclic) bond motifs is 6. The third kappa shape index (κ3) is 2.19. The van der Waals surface area contributed by atoms with Crippen molar-refractivity contribution in [1.82, 2.24) is 29.6 Å². The minimum Gasteiger partial charge on any atom is -0.334 e. The lowest BCUT2D eigenvalue weighted by Gasteiger charge is -2.37. The van der Waals surface area contributed by atoms with Gasteiger partial charge in [0.1, 0.15) is 12.0 Å². The Bertz CT molecular complexity index is 1180. The van der Waals surface area contributed by atoms with Crippen LogP contribution in [0, 0.1) is 6.08 Å². The summed E-state index contributed by atoms with van der Waals surface area (Å²) >= 11 is 0. The molecule has 0 bridgehead atoms. The average Bonchev–Trinajstić information content (AvgIpc) is 3.52. The number of hydrogen-bond acceptors (Lipinski definition) is 7. The minimum atomic E-state index is -0.597. The van der Waals surface area contributed by atoms with Gasteiger partial charge in [-0.25, -0.2) is 15.0 Å². The maximum Gasteiger partial charge on any atom is 0.295 e. The van der Waals surface area contributed by atoms with Crippen molar-refractivity contribution in [2.75, 3.05) is 16.7 Å². The van der Waals surface area contributed by atoms with E-state index in [0.717, 1.165) is 24.1 Å². The number of amides is 1. The summed E-state index contributed by atoms with van der Waals surface area (Å²) in [5, 5.41) is 11.9. The monoisotopic (exact) mass is 407 g/mol. The Hall–Kier alpha value is -3.76. The largest absolute Gasteiger partial charge is 0.334 e. The summed E-state index contributed by atoms with van der Waals surface area (Å²) in [6.07, 6.45) is 5.57. The van der Waals surface area contributed by atoms with Crippen LogP contribution in [0.3, 0.4) is 0 Å². The highest BCUT2D eigenvalue weighted by Crippen LogP contribution is 2.42. The highest BCUT2D eigenvalue weighted by molar-refractivity contribution is 5.79. The highest BCUT2D eigenvalue weighted by Gasteiger charge is 2.42. The molecule has 152 valence electrons. The van der Waals surface area contributed by atoms with Gasteiger partial charge in [-0.3, -0.25) is 9.36 Å². The summed E-state index contributed by atoms with van der Waals surface area (Å²) in [5.74, 6) is 0.551. The molecule has 11 heteroatoms. The van der Waals surface area contributed by atoms with Crippen molar-refractivity contribution < 1.29 is 9.18 Å². The molecule has 3 aliphatic rings. The Balaban J connectivity index is 1.46. The number of nitrogens with zero attached hydrogens (tertiary/aromatic N) is 9. The molecule has 1 fully saturated rings. The number of aliphatic imine (C=N–C) groups is 1. The van der Waals surface area contributed by atoms with Gasteiger partial charge < -0.3 is 4.90 Å². The van der Waals surface area contributed by atoms with Crippen LogP contribution in [0.25, 0.3) is 5.69 Å². The smallest absolute Gasteiger partial charge is 0.295 e. The van der Waals surface area contributed by atoms with Gasteiger partial charge in [-0.15, -0.1) is 9.89 Å². The van der Waals surface area contributed by atoms with Crippen LogP contribution in [0.2, 0.25) is 0 Å². The maximum atomic E-state index is 14.6. The molecule has 3 aliphatic heterocycles. The van der Waals surface area contributed by atoms with Crippen LogP contribution in [-0.2, 0) is 4.79 Å². The van der Waals surface area contributed by atoms with E-state index in [1.54, 1.807) is 29.4 Å². The van der Waals surface area contributed by atoms with Crippen LogP contribution >= 0.6 is 0 Å². The average molecular weight is 407 g/mol. The number of carbonyl (C=O) groups is 1. The number of likely N-dealkylation sites (tertiary alicyclic amines) is 1. The first-order chi connectivity index (χ1) is 14.6. The number of para-hydroxylation sites is 1. The Morgan fingerprint density at radius 1 is 1.23 bits per heavy atom. The number of anilines is 1. The number of imidazole rings is 1. The van der Waals surface area contributed by atoms with E-state index in [2.05, 4.69) is 20.3 Å². The van der Waals surface area contributed by atoms with E-state index in [1.165, 1.54) is 10.8 Å². The van der Waals surface area contributed by atoms with Gasteiger partial charge in [0.2, 0.25) is 5.91 Å². The Morgan fingerprint density at radius 3 is 2.97 bits per heavy atom. The first-order valence-corrected chi connectivity index (χ1v) is 9.77. The van der Waals surface area contributed by atoms with Crippen LogP contribution in [0.15, 0.2) is 41.7 Å². The van der Waals surface area contributed by atoms with Gasteiger partial charge in [0, 0.05) is 19.0 Å². The quantitative estimate of drug-likeness (QED) is 0.643. The second-order valence-electron chi connectivity index (χ2n) is 7.50. The SMILES string of the molecule is CC(=O)N1CCCC1c1cnnn1N1C=NC2c3ccccc3-n3c(cnc3F)N21. The van der Waals surface area contributed by atoms with Crippen LogP contribution < -0.4 is 10.1 Å². The standard InChI is InChI=1S/C19H18FN9O/c1-12(30)25-8-4-7-15(25)16-9-23-24-29(16)26-11-22-18-13-5-2-3-6-14(13)27-17(28(18)26)10-21-19(27)20/h2-3,5-6,9-11,15,18H,4,7-8H2,1H3. The molecule has 2 atom stereocenters. The third-order valence-corrected chi connectivity index (χ3v) is 5.90. The summed E-state index contributed by atoms with van der Waals surface area (Å²) in [4.78, 5) is 24.1. The zero-order chi connectivity index (χ0) is 20.4. The van der Waals surface area contributed by atoms with E-state index in [9.17, 15) is 9.18 Å². The molecule has 2 unspecified atom stereocenters. The van der Waals surface area contributed by atoms with E-state index in [-0.39, 0.29) is 18.1 Å². The molecule has 1 saturated heterocycles. The normalized spacial score (nSPS) is 21.7. The maximum absolute atomic E-state index is 14.6. The van der Waals surface area contributed by atoms with Crippen molar-refractivity contribution in [1.29, 1.82) is 0 Å². The number of aromatic nitrogens is 5. The zero-order valence-electron chi connectivity index (χ0n) is 16.1. The summed E-state index contributed by atoms with van der Waals surface area (Å²) in [7, 11) is 0. The second kappa shape index (κ2) is 6.12. The van der Waals surface area contributed by atoms with E-state index in [4.69, 9.17) is 0 Å². The molecule has 1 amide bonds. The van der Waals surface area contributed by atoms with Gasteiger partial charge >= 0.3 is 0 Å². The van der Waals surface area contributed by atoms with Crippen molar-refractivity contribution in [3.8, 4) is 5.69 Å². The fourth-order valence-electron chi connectivity index (χ4n) is 4.62. The fourth-order valence-corrected chi connectivity index (χ4v) is 4.62. The summed E-state index contributed by atoms with van der Waals surface area (Å²) < 4.78 is 16.0. The Labute approximate surface area is 170 Å². The van der Waals surface area contributed by atoms with Crippen molar-refractivity contribution in [3.05, 3.63) is 54.0 Å². The first-order valence-electron chi connectivity index (χ1n) is 9.77. The van der Waals surface area contributed by atoms with Crippen LogP contribution in [-0.4, -0.2) is 48.3 Å². The summed E-state index contributed by atoms with van der Waals surface area (Å²) in [5.41, 5.74) is 2.34. The van der Waals surface area contributed by atoms with E-state index < -0.39 is 6.08 Å². The predicted molar refractivity (Wildman–Crippen MR) is 105 cm³/mol. The molecule has 0 spiro atoms. The first kappa shape index (κ1) is 17.1. The van der Waals surface area contributed by atoms with Crippen LogP contribution in [0.1, 0.15) is 43.2 Å². The lowest BCUT2D eigenvalue weighted by Crippen LogP contribution is -2.50. The molecule has 10 nitrogen and oxygen atoms in total. The number of benzene rings is 1. The second-order valence-corrected chi connectivity index (χ2v) is 7.50. The molecular formula is C19H18FN9O. The van der Waals surface area contributed by atoms with Crippen LogP contribution in [0.4, 0.5) is 10.2 Å². The zero-order valence-corrected chi connectivity index (χ0v) is 16.1. The predicted octanol–water partition coefficient (Wildman–Crippen LogP) is 1.70. The van der Waals surface area contributed by atoms with Gasteiger partial charge in [-0.1, -0.05) is 18.2 Å². The molecule has 1 aromatic carbocycles. The molecule has 0 N–H and O–H groups in total. The number of carbonyl (C=O) groups excluding carboxylic acids is 1. The minimum absolute atomic E-state index is 0.0188. The third-order valence-electron chi connectivity index (χ3n) is 5.90. The summed E-state index contributed by atoms with van der Waals surface area (Å²) in [6, 6.07) is 7.42. The Kier molecular flexibility index (Phi) is 3.49. The van der Waals surface area contributed by atoms with Crippen LogP contribution in [0.5, 0.6) is 0 Å². The molecule has 0 radical (unpaired) electrons. The summed E-state index contributed by atoms with van der Waals surface area (Å²) in [6.45, 7) is 2.28. The molecule has 0 aliphatic carbocycles. The lowest BCUT2D eigenvalue weighted by atomic mass is 10.1. The van der Waals surface area contributed by atoms with E-state index in [1.807, 2.05) is 34.2 Å². The topological polar surface area (TPSA) is 87.7 Å². The molecule has 2 aromatic heterocycles. The van der Waals surface area contributed by atoms with Crippen molar-refractivity contribution in [3.63, 3.8) is 0 Å². The molecular weight excluding hydrogens is 389 g/mol. The van der Waals surface area contributed by atoms with Gasteiger partial charge in [0.25, 0.3) is 6.08 Å². The number of halogens is 1. The molecule has 30 heavy (non-hydrogen) atoms. The fraction of sp³-hybridized carbons (Fsp3) is 0.316. The highest BCUT2D eigenvalue weighted by atomic mass is 19.1. The van der Waals surface area contributed by atoms with Crippen molar-refractivity contribution >= 4 is 18.1 Å². The molecule has 5 heterocycles. The van der Waals surface area contributed by atoms with Gasteiger partial charge in [-0.2, -0.15) is 9.51 Å². The van der Waals surface area contributed by atoms with Gasteiger partial charge in [0.15, 0.2) is 12.0 Å². The van der Waals surface area contributed by atoms with Gasteiger partial charge in [0.05, 0.1) is 24.1 Å². The van der Waals surface area contributed by atoms with E-state index >= 15 is 0 Å². The number of hydrazine groups is 1. The molecule has 3 aromatic rings. The van der Waals surface area contributed by atoms with Crippen molar-refractivity contribution in [2.24, 2.45) is 4.99 Å². The lowest BCUT2D eigenvalue weighted by molar-refractivity contribution is -0.129. The van der Waals surface area contributed by atoms with Crippen molar-refractivity contribution in [2.45, 2.75) is 32.0 Å².